The van der Waals surface area contributed by atoms with Gasteiger partial charge in [0.25, 0.3) is 5.91 Å². The Hall–Kier alpha value is -3.60. The van der Waals surface area contributed by atoms with Crippen molar-refractivity contribution in [1.29, 1.82) is 0 Å². The molecule has 0 aromatic heterocycles. The molecule has 0 spiro atoms. The van der Waals surface area contributed by atoms with Gasteiger partial charge < -0.3 is 15.0 Å². The minimum absolute atomic E-state index is 0.0170. The summed E-state index contributed by atoms with van der Waals surface area (Å²) < 4.78 is 5.85. The molecule has 0 aliphatic rings. The van der Waals surface area contributed by atoms with E-state index >= 15 is 0 Å². The largest absolute Gasteiger partial charge is 0.457 e. The van der Waals surface area contributed by atoms with Gasteiger partial charge in [-0.1, -0.05) is 50.2 Å². The smallest absolute Gasteiger partial charge is 0.258 e. The lowest BCUT2D eigenvalue weighted by atomic mass is 10.1. The maximum absolute atomic E-state index is 13.2. The van der Waals surface area contributed by atoms with Crippen LogP contribution in [0.2, 0.25) is 0 Å². The Bertz CT molecular complexity index is 971. The number of anilines is 1. The zero-order valence-corrected chi connectivity index (χ0v) is 18.0. The molecular formula is C26H28N2O3. The number of benzene rings is 3. The van der Waals surface area contributed by atoms with E-state index in [0.717, 1.165) is 11.4 Å². The van der Waals surface area contributed by atoms with Crippen molar-refractivity contribution in [2.24, 2.45) is 5.92 Å². The Kier molecular flexibility index (Phi) is 7.82. The van der Waals surface area contributed by atoms with Crippen molar-refractivity contribution in [1.82, 2.24) is 5.32 Å². The van der Waals surface area contributed by atoms with E-state index in [1.807, 2.05) is 98.8 Å². The van der Waals surface area contributed by atoms with Gasteiger partial charge in [0.15, 0.2) is 0 Å². The predicted molar refractivity (Wildman–Crippen MR) is 124 cm³/mol. The van der Waals surface area contributed by atoms with E-state index in [9.17, 15) is 9.59 Å². The molecule has 2 amide bonds. The van der Waals surface area contributed by atoms with Crippen LogP contribution < -0.4 is 15.0 Å². The molecule has 0 radical (unpaired) electrons. The lowest BCUT2D eigenvalue weighted by Crippen LogP contribution is -2.35. The van der Waals surface area contributed by atoms with Crippen molar-refractivity contribution < 1.29 is 14.3 Å². The van der Waals surface area contributed by atoms with E-state index in [1.165, 1.54) is 0 Å². The summed E-state index contributed by atoms with van der Waals surface area (Å²) in [5.41, 5.74) is 1.41. The van der Waals surface area contributed by atoms with Crippen LogP contribution in [0.25, 0.3) is 0 Å². The highest BCUT2D eigenvalue weighted by Gasteiger charge is 2.18. The summed E-state index contributed by atoms with van der Waals surface area (Å²) in [5.74, 6) is 1.34. The van der Waals surface area contributed by atoms with Gasteiger partial charge in [0.2, 0.25) is 5.91 Å². The number of rotatable bonds is 9. The summed E-state index contributed by atoms with van der Waals surface area (Å²) in [6.45, 7) is 4.73. The number of carbonyl (C=O) groups is 2. The molecule has 5 heteroatoms. The van der Waals surface area contributed by atoms with Gasteiger partial charge in [-0.3, -0.25) is 9.59 Å². The second-order valence-corrected chi connectivity index (χ2v) is 7.53. The van der Waals surface area contributed by atoms with E-state index in [0.29, 0.717) is 30.8 Å². The van der Waals surface area contributed by atoms with Gasteiger partial charge in [0.05, 0.1) is 0 Å². The third kappa shape index (κ3) is 6.44. The summed E-state index contributed by atoms with van der Waals surface area (Å²) >= 11 is 0. The molecule has 0 bridgehead atoms. The molecule has 0 fully saturated rings. The monoisotopic (exact) mass is 416 g/mol. The summed E-state index contributed by atoms with van der Waals surface area (Å²) in [4.78, 5) is 26.7. The molecule has 31 heavy (non-hydrogen) atoms. The minimum atomic E-state index is -0.0764. The highest BCUT2D eigenvalue weighted by molar-refractivity contribution is 6.06. The van der Waals surface area contributed by atoms with Crippen LogP contribution in [0.15, 0.2) is 84.9 Å². The lowest BCUT2D eigenvalue weighted by Gasteiger charge is -2.23. The number of para-hydroxylation sites is 1. The number of hydrogen-bond acceptors (Lipinski definition) is 3. The molecule has 1 N–H and O–H groups in total. The molecule has 160 valence electrons. The second kappa shape index (κ2) is 11.0. The average molecular weight is 417 g/mol. The zero-order chi connectivity index (χ0) is 22.1. The van der Waals surface area contributed by atoms with E-state index < -0.39 is 0 Å². The third-order valence-corrected chi connectivity index (χ3v) is 4.78. The average Bonchev–Trinajstić information content (AvgIpc) is 2.80. The fourth-order valence-electron chi connectivity index (χ4n) is 3.06. The minimum Gasteiger partial charge on any atom is -0.457 e. The zero-order valence-electron chi connectivity index (χ0n) is 18.0. The molecule has 0 heterocycles. The van der Waals surface area contributed by atoms with Crippen LogP contribution >= 0.6 is 0 Å². The summed E-state index contributed by atoms with van der Waals surface area (Å²) in [5, 5.41) is 2.91. The molecule has 0 saturated heterocycles. The maximum Gasteiger partial charge on any atom is 0.258 e. The number of nitrogens with one attached hydrogen (secondary N) is 1. The Balaban J connectivity index is 1.72. The highest BCUT2D eigenvalue weighted by atomic mass is 16.5. The van der Waals surface area contributed by atoms with E-state index in [1.54, 1.807) is 4.90 Å². The van der Waals surface area contributed by atoms with E-state index in [4.69, 9.17) is 4.74 Å². The first-order valence-corrected chi connectivity index (χ1v) is 10.5. The van der Waals surface area contributed by atoms with Crippen molar-refractivity contribution >= 4 is 17.5 Å². The Morgan fingerprint density at radius 1 is 0.839 bits per heavy atom. The number of nitrogens with zero attached hydrogens (tertiary/aromatic N) is 1. The molecular weight excluding hydrogens is 388 g/mol. The number of ether oxygens (including phenoxy) is 1. The molecule has 0 aliphatic carbocycles. The molecule has 3 aromatic carbocycles. The number of hydrogen-bond donors (Lipinski definition) is 1. The van der Waals surface area contributed by atoms with Gasteiger partial charge in [-0.15, -0.1) is 0 Å². The van der Waals surface area contributed by atoms with Crippen LogP contribution in [0, 0.1) is 5.92 Å². The third-order valence-electron chi connectivity index (χ3n) is 4.78. The van der Waals surface area contributed by atoms with Crippen LogP contribution in [0.5, 0.6) is 11.5 Å². The first kappa shape index (κ1) is 22.1. The van der Waals surface area contributed by atoms with Crippen LogP contribution in [-0.2, 0) is 4.79 Å². The molecule has 0 atom stereocenters. The van der Waals surface area contributed by atoms with Crippen LogP contribution in [-0.4, -0.2) is 24.9 Å². The predicted octanol–water partition coefficient (Wildman–Crippen LogP) is 5.29. The molecule has 0 saturated carbocycles. The second-order valence-electron chi connectivity index (χ2n) is 7.53. The van der Waals surface area contributed by atoms with Crippen LogP contribution in [0.1, 0.15) is 30.6 Å². The van der Waals surface area contributed by atoms with Crippen molar-refractivity contribution in [3.8, 4) is 11.5 Å². The van der Waals surface area contributed by atoms with Crippen molar-refractivity contribution in [3.63, 3.8) is 0 Å². The Morgan fingerprint density at radius 3 is 2.03 bits per heavy atom. The summed E-state index contributed by atoms with van der Waals surface area (Å²) in [6.07, 6.45) is 0.652. The van der Waals surface area contributed by atoms with Gasteiger partial charge in [-0.05, 0) is 55.0 Å². The quantitative estimate of drug-likeness (QED) is 0.482. The van der Waals surface area contributed by atoms with Crippen LogP contribution in [0.3, 0.4) is 0 Å². The van der Waals surface area contributed by atoms with Crippen LogP contribution in [0.4, 0.5) is 5.69 Å². The van der Waals surface area contributed by atoms with Gasteiger partial charge in [-0.2, -0.15) is 0 Å². The van der Waals surface area contributed by atoms with E-state index in [-0.39, 0.29) is 17.7 Å². The van der Waals surface area contributed by atoms with Gasteiger partial charge in [0.1, 0.15) is 11.5 Å². The van der Waals surface area contributed by atoms with Gasteiger partial charge >= 0.3 is 0 Å². The Labute approximate surface area is 183 Å². The van der Waals surface area contributed by atoms with Crippen molar-refractivity contribution in [2.45, 2.75) is 20.3 Å². The molecule has 5 nitrogen and oxygen atoms in total. The first-order valence-electron chi connectivity index (χ1n) is 10.5. The summed E-state index contributed by atoms with van der Waals surface area (Å²) in [7, 11) is 0. The SMILES string of the molecule is CC(C)C(=O)NCCCN(C(=O)c1ccccc1)c1ccc(Oc2ccccc2)cc1. The summed E-state index contributed by atoms with van der Waals surface area (Å²) in [6, 6.07) is 26.2. The number of amides is 2. The van der Waals surface area contributed by atoms with Crippen molar-refractivity contribution in [3.05, 3.63) is 90.5 Å². The number of carbonyl (C=O) groups excluding carboxylic acids is 2. The fraction of sp³-hybridized carbons (Fsp3) is 0.231. The van der Waals surface area contributed by atoms with Crippen molar-refractivity contribution in [2.75, 3.05) is 18.0 Å². The Morgan fingerprint density at radius 2 is 1.42 bits per heavy atom. The topological polar surface area (TPSA) is 58.6 Å². The van der Waals surface area contributed by atoms with Gasteiger partial charge in [-0.25, -0.2) is 0 Å². The molecule has 3 aromatic rings. The highest BCUT2D eigenvalue weighted by Crippen LogP contribution is 2.25. The lowest BCUT2D eigenvalue weighted by molar-refractivity contribution is -0.123. The standard InChI is InChI=1S/C26H28N2O3/c1-20(2)25(29)27-18-9-19-28(26(30)21-10-5-3-6-11-21)22-14-16-24(17-15-22)31-23-12-7-4-8-13-23/h3-8,10-17,20H,9,18-19H2,1-2H3,(H,27,29). The normalized spacial score (nSPS) is 10.5. The molecule has 0 aliphatic heterocycles. The maximum atomic E-state index is 13.2. The molecule has 3 rings (SSSR count). The first-order chi connectivity index (χ1) is 15.0. The fourth-order valence-corrected chi connectivity index (χ4v) is 3.06. The van der Waals surface area contributed by atoms with E-state index in [2.05, 4.69) is 5.32 Å². The van der Waals surface area contributed by atoms with Gasteiger partial charge in [0, 0.05) is 30.3 Å². The molecule has 0 unspecified atom stereocenters.